The minimum absolute atomic E-state index is 0.127. The molecule has 0 aliphatic carbocycles. The van der Waals surface area contributed by atoms with Crippen LogP contribution in [0.5, 0.6) is 0 Å². The highest BCUT2D eigenvalue weighted by atomic mass is 28.4. The zero-order chi connectivity index (χ0) is 10.6. The average Bonchev–Trinajstić information content (AvgIpc) is 1.82. The Balaban J connectivity index is 4.82. The lowest BCUT2D eigenvalue weighted by molar-refractivity contribution is -0.113. The number of rotatable bonds is 3. The molecule has 0 N–H and O–H groups in total. The maximum Gasteiger partial charge on any atom is 0.241 e. The van der Waals surface area contributed by atoms with Gasteiger partial charge in [0.2, 0.25) is 8.32 Å². The predicted molar refractivity (Wildman–Crippen MR) is 53.4 cm³/mol. The van der Waals surface area contributed by atoms with Gasteiger partial charge in [0.1, 0.15) is 11.6 Å². The van der Waals surface area contributed by atoms with Gasteiger partial charge in [-0.05, 0) is 33.5 Å². The molecule has 0 unspecified atom stereocenters. The number of ketones is 1. The molecule has 0 saturated heterocycles. The molecule has 0 atom stereocenters. The van der Waals surface area contributed by atoms with E-state index in [0.717, 1.165) is 0 Å². The van der Waals surface area contributed by atoms with Crippen LogP contribution in [0.4, 0.5) is 0 Å². The van der Waals surface area contributed by atoms with Crippen LogP contribution in [-0.4, -0.2) is 14.1 Å². The SMILES string of the molecule is CC(=O)/C(C#N)=C(/C)O[Si](C)(C)C. The fourth-order valence-corrected chi connectivity index (χ4v) is 1.94. The van der Waals surface area contributed by atoms with Crippen LogP contribution in [0.3, 0.4) is 0 Å². The molecule has 0 rings (SSSR count). The Bertz CT molecular complexity index is 281. The van der Waals surface area contributed by atoms with Gasteiger partial charge in [0.15, 0.2) is 5.78 Å². The van der Waals surface area contributed by atoms with Crippen molar-refractivity contribution < 1.29 is 9.22 Å². The molecule has 0 aromatic rings. The van der Waals surface area contributed by atoms with Gasteiger partial charge in [-0.1, -0.05) is 0 Å². The standard InChI is InChI=1S/C9H15NO2Si/c1-7(11)9(6-10)8(2)12-13(3,4)5/h1-5H3/b9-8-. The number of Topliss-reactive ketones (excluding diaryl/α,β-unsaturated/α-hetero) is 1. The van der Waals surface area contributed by atoms with Crippen LogP contribution >= 0.6 is 0 Å². The Labute approximate surface area is 80.1 Å². The van der Waals surface area contributed by atoms with Crippen LogP contribution in [-0.2, 0) is 9.22 Å². The van der Waals surface area contributed by atoms with Crippen LogP contribution in [0, 0.1) is 11.3 Å². The summed E-state index contributed by atoms with van der Waals surface area (Å²) in [6.45, 7) is 9.05. The number of nitriles is 1. The van der Waals surface area contributed by atoms with Crippen LogP contribution in [0.1, 0.15) is 13.8 Å². The summed E-state index contributed by atoms with van der Waals surface area (Å²) in [4.78, 5) is 11.0. The van der Waals surface area contributed by atoms with E-state index in [4.69, 9.17) is 9.69 Å². The van der Waals surface area contributed by atoms with Gasteiger partial charge in [-0.2, -0.15) is 5.26 Å². The van der Waals surface area contributed by atoms with E-state index in [1.165, 1.54) is 6.92 Å². The van der Waals surface area contributed by atoms with E-state index in [0.29, 0.717) is 5.76 Å². The van der Waals surface area contributed by atoms with Gasteiger partial charge in [-0.3, -0.25) is 4.79 Å². The number of hydrogen-bond acceptors (Lipinski definition) is 3. The van der Waals surface area contributed by atoms with Crippen molar-refractivity contribution in [3.05, 3.63) is 11.3 Å². The van der Waals surface area contributed by atoms with Gasteiger partial charge in [0, 0.05) is 0 Å². The lowest BCUT2D eigenvalue weighted by atomic mass is 10.2. The molecule has 0 saturated carbocycles. The van der Waals surface area contributed by atoms with Crippen molar-refractivity contribution in [2.75, 3.05) is 0 Å². The highest BCUT2D eigenvalue weighted by Crippen LogP contribution is 2.13. The normalized spacial score (nSPS) is 12.9. The highest BCUT2D eigenvalue weighted by molar-refractivity contribution is 6.70. The molecule has 0 heterocycles. The third-order valence-corrected chi connectivity index (χ3v) is 2.19. The van der Waals surface area contributed by atoms with Gasteiger partial charge in [0.25, 0.3) is 0 Å². The first-order valence-corrected chi connectivity index (χ1v) is 7.49. The summed E-state index contributed by atoms with van der Waals surface area (Å²) in [6, 6.07) is 1.85. The molecule has 0 aliphatic rings. The molecule has 13 heavy (non-hydrogen) atoms. The van der Waals surface area contributed by atoms with E-state index < -0.39 is 8.32 Å². The second kappa shape index (κ2) is 4.24. The molecule has 0 aliphatic heterocycles. The van der Waals surface area contributed by atoms with Crippen LogP contribution in [0.15, 0.2) is 11.3 Å². The molecule has 0 aromatic carbocycles. The van der Waals surface area contributed by atoms with E-state index in [1.807, 2.05) is 25.7 Å². The molecule has 0 aromatic heterocycles. The summed E-state index contributed by atoms with van der Waals surface area (Å²) < 4.78 is 5.53. The summed E-state index contributed by atoms with van der Waals surface area (Å²) in [5, 5.41) is 8.67. The first kappa shape index (κ1) is 11.9. The molecule has 3 nitrogen and oxygen atoms in total. The van der Waals surface area contributed by atoms with Crippen molar-refractivity contribution in [3.8, 4) is 6.07 Å². The zero-order valence-electron chi connectivity index (χ0n) is 8.76. The van der Waals surface area contributed by atoms with Crippen molar-refractivity contribution in [1.29, 1.82) is 5.26 Å². The monoisotopic (exact) mass is 197 g/mol. The summed E-state index contributed by atoms with van der Waals surface area (Å²) in [5.74, 6) is 0.215. The molecule has 0 fully saturated rings. The number of hydrogen-bond donors (Lipinski definition) is 0. The Morgan fingerprint density at radius 2 is 1.77 bits per heavy atom. The quantitative estimate of drug-likeness (QED) is 0.302. The lowest BCUT2D eigenvalue weighted by Crippen LogP contribution is -2.25. The second-order valence-corrected chi connectivity index (χ2v) is 8.24. The molecule has 0 radical (unpaired) electrons. The Kier molecular flexibility index (Phi) is 3.88. The van der Waals surface area contributed by atoms with Crippen molar-refractivity contribution in [1.82, 2.24) is 0 Å². The number of carbonyl (C=O) groups is 1. The first-order chi connectivity index (χ1) is 5.78. The minimum atomic E-state index is -1.71. The van der Waals surface area contributed by atoms with Crippen LogP contribution in [0.25, 0.3) is 0 Å². The zero-order valence-corrected chi connectivity index (χ0v) is 9.76. The molecular formula is C9H15NO2Si. The summed E-state index contributed by atoms with van der Waals surface area (Å²) >= 11 is 0. The first-order valence-electron chi connectivity index (χ1n) is 4.09. The highest BCUT2D eigenvalue weighted by Gasteiger charge is 2.19. The smallest absolute Gasteiger partial charge is 0.241 e. The molecule has 0 bridgehead atoms. The van der Waals surface area contributed by atoms with Gasteiger partial charge in [0.05, 0.1) is 5.76 Å². The van der Waals surface area contributed by atoms with E-state index in [2.05, 4.69) is 0 Å². The maximum absolute atomic E-state index is 11.0. The molecule has 4 heteroatoms. The number of allylic oxidation sites excluding steroid dienone is 2. The maximum atomic E-state index is 11.0. The average molecular weight is 197 g/mol. The van der Waals surface area contributed by atoms with E-state index in [1.54, 1.807) is 6.92 Å². The molecule has 0 spiro atoms. The Hall–Kier alpha value is -1.08. The van der Waals surface area contributed by atoms with Crippen LogP contribution < -0.4 is 0 Å². The van der Waals surface area contributed by atoms with Crippen molar-refractivity contribution in [3.63, 3.8) is 0 Å². The Morgan fingerprint density at radius 1 is 1.31 bits per heavy atom. The number of nitrogens with zero attached hydrogens (tertiary/aromatic N) is 1. The van der Waals surface area contributed by atoms with Gasteiger partial charge >= 0.3 is 0 Å². The molecule has 0 amide bonds. The summed E-state index contributed by atoms with van der Waals surface area (Å²) in [6.07, 6.45) is 0. The van der Waals surface area contributed by atoms with Gasteiger partial charge < -0.3 is 4.43 Å². The van der Waals surface area contributed by atoms with Gasteiger partial charge in [-0.15, -0.1) is 0 Å². The largest absolute Gasteiger partial charge is 0.546 e. The number of carbonyl (C=O) groups excluding carboxylic acids is 1. The lowest BCUT2D eigenvalue weighted by Gasteiger charge is -2.19. The molecule has 72 valence electrons. The topological polar surface area (TPSA) is 50.1 Å². The van der Waals surface area contributed by atoms with Crippen molar-refractivity contribution in [2.45, 2.75) is 33.5 Å². The van der Waals surface area contributed by atoms with Gasteiger partial charge in [-0.25, -0.2) is 0 Å². The summed E-state index contributed by atoms with van der Waals surface area (Å²) in [5.41, 5.74) is 0.127. The van der Waals surface area contributed by atoms with Crippen molar-refractivity contribution in [2.24, 2.45) is 0 Å². The van der Waals surface area contributed by atoms with Crippen LogP contribution in [0.2, 0.25) is 19.6 Å². The Morgan fingerprint density at radius 3 is 2.00 bits per heavy atom. The third-order valence-electron chi connectivity index (χ3n) is 1.28. The predicted octanol–water partition coefficient (Wildman–Crippen LogP) is 2.22. The van der Waals surface area contributed by atoms with E-state index >= 15 is 0 Å². The second-order valence-electron chi connectivity index (χ2n) is 3.81. The van der Waals surface area contributed by atoms with Crippen molar-refractivity contribution >= 4 is 14.1 Å². The minimum Gasteiger partial charge on any atom is -0.546 e. The summed E-state index contributed by atoms with van der Waals surface area (Å²) in [7, 11) is -1.71. The van der Waals surface area contributed by atoms with E-state index in [-0.39, 0.29) is 11.4 Å². The fraction of sp³-hybridized carbons (Fsp3) is 0.556. The fourth-order valence-electron chi connectivity index (χ4n) is 0.916. The molecular weight excluding hydrogens is 182 g/mol. The third kappa shape index (κ3) is 4.48. The van der Waals surface area contributed by atoms with E-state index in [9.17, 15) is 4.79 Å².